The molecule has 0 aromatic heterocycles. The number of carbonyl (C=O) groups excluding carboxylic acids is 1. The smallest absolute Gasteiger partial charge is 0.315 e. The third kappa shape index (κ3) is 9.24. The first-order valence-electron chi connectivity index (χ1n) is 5.62. The number of nitrogens with one attached hydrogen (secondary N) is 2. The van der Waals surface area contributed by atoms with Crippen molar-refractivity contribution in [3.63, 3.8) is 0 Å². The number of urea groups is 1. The Labute approximate surface area is 102 Å². The molecule has 0 spiro atoms. The lowest BCUT2D eigenvalue weighted by Crippen LogP contribution is -2.39. The Hall–Kier alpha value is -1.70. The van der Waals surface area contributed by atoms with Crippen LogP contribution in [0.25, 0.3) is 0 Å². The molecule has 96 valence electrons. The van der Waals surface area contributed by atoms with Crippen LogP contribution in [-0.2, 0) is 4.79 Å². The van der Waals surface area contributed by atoms with Crippen LogP contribution >= 0.6 is 0 Å². The minimum absolute atomic E-state index is 0.0518. The van der Waals surface area contributed by atoms with Crippen molar-refractivity contribution in [2.24, 2.45) is 11.8 Å². The number of hydrogen-bond donors (Lipinski definition) is 3. The van der Waals surface area contributed by atoms with Crippen LogP contribution < -0.4 is 10.6 Å². The Balaban J connectivity index is 4.02. The van der Waals surface area contributed by atoms with Crippen molar-refractivity contribution in [2.75, 3.05) is 13.1 Å². The summed E-state index contributed by atoms with van der Waals surface area (Å²) in [5.74, 6) is 1.79. The normalized spacial score (nSPS) is 11.6. The molecule has 0 aliphatic heterocycles. The fourth-order valence-corrected chi connectivity index (χ4v) is 1.58. The zero-order valence-corrected chi connectivity index (χ0v) is 10.3. The quantitative estimate of drug-likeness (QED) is 0.582. The van der Waals surface area contributed by atoms with E-state index in [-0.39, 0.29) is 24.9 Å². The number of terminal acetylenes is 1. The first kappa shape index (κ1) is 15.3. The van der Waals surface area contributed by atoms with Gasteiger partial charge in [-0.15, -0.1) is 6.42 Å². The highest BCUT2D eigenvalue weighted by Crippen LogP contribution is 2.14. The van der Waals surface area contributed by atoms with Crippen molar-refractivity contribution in [2.45, 2.75) is 26.7 Å². The van der Waals surface area contributed by atoms with Crippen LogP contribution in [0.3, 0.4) is 0 Å². The van der Waals surface area contributed by atoms with E-state index in [1.54, 1.807) is 0 Å². The van der Waals surface area contributed by atoms with Gasteiger partial charge in [0, 0.05) is 13.0 Å². The van der Waals surface area contributed by atoms with Crippen molar-refractivity contribution in [1.82, 2.24) is 10.6 Å². The molecule has 3 N–H and O–H groups in total. The fourth-order valence-electron chi connectivity index (χ4n) is 1.58. The van der Waals surface area contributed by atoms with Gasteiger partial charge in [0.25, 0.3) is 0 Å². The van der Waals surface area contributed by atoms with E-state index < -0.39 is 5.97 Å². The molecule has 0 aromatic rings. The van der Waals surface area contributed by atoms with Crippen LogP contribution in [0.2, 0.25) is 0 Å². The Morgan fingerprint density at radius 1 is 1.35 bits per heavy atom. The van der Waals surface area contributed by atoms with Gasteiger partial charge >= 0.3 is 12.0 Å². The topological polar surface area (TPSA) is 78.4 Å². The molecule has 1 unspecified atom stereocenters. The molecule has 1 atom stereocenters. The van der Waals surface area contributed by atoms with E-state index in [9.17, 15) is 9.59 Å². The molecule has 2 amide bonds. The predicted octanol–water partition coefficient (Wildman–Crippen LogP) is 1.06. The molecule has 0 saturated heterocycles. The number of carbonyl (C=O) groups is 2. The molecular weight excluding hydrogens is 220 g/mol. The molecule has 0 fully saturated rings. The second kappa shape index (κ2) is 8.45. The number of carboxylic acid groups (broad SMARTS) is 1. The average molecular weight is 240 g/mol. The van der Waals surface area contributed by atoms with Crippen molar-refractivity contribution >= 4 is 12.0 Å². The summed E-state index contributed by atoms with van der Waals surface area (Å²) in [4.78, 5) is 21.9. The van der Waals surface area contributed by atoms with Crippen molar-refractivity contribution in [3.05, 3.63) is 0 Å². The van der Waals surface area contributed by atoms with Gasteiger partial charge in [-0.1, -0.05) is 19.8 Å². The highest BCUT2D eigenvalue weighted by molar-refractivity contribution is 5.74. The van der Waals surface area contributed by atoms with Gasteiger partial charge < -0.3 is 15.7 Å². The molecule has 0 aliphatic rings. The molecule has 0 aromatic carbocycles. The monoisotopic (exact) mass is 240 g/mol. The standard InChI is InChI=1S/C12H20N2O3/c1-4-5-13-12(17)14-8-10(6-9(2)3)7-11(15)16/h1,9-10H,5-8H2,2-3H3,(H,15,16)(H2,13,14,17). The summed E-state index contributed by atoms with van der Waals surface area (Å²) in [6.07, 6.45) is 5.82. The summed E-state index contributed by atoms with van der Waals surface area (Å²) < 4.78 is 0. The highest BCUT2D eigenvalue weighted by Gasteiger charge is 2.15. The van der Waals surface area contributed by atoms with Crippen LogP contribution in [-0.4, -0.2) is 30.2 Å². The van der Waals surface area contributed by atoms with Gasteiger partial charge in [0.15, 0.2) is 0 Å². The van der Waals surface area contributed by atoms with Gasteiger partial charge in [-0.2, -0.15) is 0 Å². The molecule has 0 radical (unpaired) electrons. The lowest BCUT2D eigenvalue weighted by atomic mass is 9.94. The lowest BCUT2D eigenvalue weighted by Gasteiger charge is -2.17. The van der Waals surface area contributed by atoms with E-state index in [1.165, 1.54) is 0 Å². The summed E-state index contributed by atoms with van der Waals surface area (Å²) in [6, 6.07) is -0.359. The Bertz CT molecular complexity index is 295. The summed E-state index contributed by atoms with van der Waals surface area (Å²) in [5, 5.41) is 13.8. The highest BCUT2D eigenvalue weighted by atomic mass is 16.4. The molecule has 0 saturated carbocycles. The molecule has 0 bridgehead atoms. The first-order valence-corrected chi connectivity index (χ1v) is 5.62. The Morgan fingerprint density at radius 3 is 2.47 bits per heavy atom. The summed E-state index contributed by atoms with van der Waals surface area (Å²) in [6.45, 7) is 4.56. The van der Waals surface area contributed by atoms with E-state index in [1.807, 2.05) is 13.8 Å². The van der Waals surface area contributed by atoms with Gasteiger partial charge in [0.2, 0.25) is 0 Å². The second-order valence-electron chi connectivity index (χ2n) is 4.36. The van der Waals surface area contributed by atoms with Gasteiger partial charge in [-0.25, -0.2) is 4.79 Å². The zero-order chi connectivity index (χ0) is 13.3. The third-order valence-corrected chi connectivity index (χ3v) is 2.17. The number of hydrogen-bond acceptors (Lipinski definition) is 2. The number of amides is 2. The number of aliphatic carboxylic acids is 1. The predicted molar refractivity (Wildman–Crippen MR) is 65.4 cm³/mol. The molecular formula is C12H20N2O3. The van der Waals surface area contributed by atoms with Crippen LogP contribution in [0.4, 0.5) is 4.79 Å². The lowest BCUT2D eigenvalue weighted by molar-refractivity contribution is -0.138. The van der Waals surface area contributed by atoms with Crippen LogP contribution in [0.15, 0.2) is 0 Å². The Morgan fingerprint density at radius 2 is 2.00 bits per heavy atom. The molecule has 0 aliphatic carbocycles. The minimum atomic E-state index is -0.846. The summed E-state index contributed by atoms with van der Waals surface area (Å²) >= 11 is 0. The summed E-state index contributed by atoms with van der Waals surface area (Å²) in [5.41, 5.74) is 0. The first-order chi connectivity index (χ1) is 7.95. The van der Waals surface area contributed by atoms with Crippen LogP contribution in [0, 0.1) is 24.2 Å². The third-order valence-electron chi connectivity index (χ3n) is 2.17. The average Bonchev–Trinajstić information content (AvgIpc) is 2.21. The molecule has 17 heavy (non-hydrogen) atoms. The number of carboxylic acids is 1. The molecule has 0 rings (SSSR count). The maximum atomic E-state index is 11.2. The largest absolute Gasteiger partial charge is 0.481 e. The molecule has 5 nitrogen and oxygen atoms in total. The van der Waals surface area contributed by atoms with Gasteiger partial charge in [0.1, 0.15) is 0 Å². The maximum absolute atomic E-state index is 11.2. The van der Waals surface area contributed by atoms with Crippen molar-refractivity contribution in [3.8, 4) is 12.3 Å². The summed E-state index contributed by atoms with van der Waals surface area (Å²) in [7, 11) is 0. The maximum Gasteiger partial charge on any atom is 0.315 e. The van der Waals surface area contributed by atoms with Crippen molar-refractivity contribution < 1.29 is 14.7 Å². The van der Waals surface area contributed by atoms with Gasteiger partial charge in [0.05, 0.1) is 6.54 Å². The van der Waals surface area contributed by atoms with Gasteiger partial charge in [-0.05, 0) is 18.3 Å². The zero-order valence-electron chi connectivity index (χ0n) is 10.3. The van der Waals surface area contributed by atoms with Crippen LogP contribution in [0.5, 0.6) is 0 Å². The van der Waals surface area contributed by atoms with E-state index in [2.05, 4.69) is 16.6 Å². The van der Waals surface area contributed by atoms with Crippen LogP contribution in [0.1, 0.15) is 26.7 Å². The van der Waals surface area contributed by atoms with E-state index in [0.29, 0.717) is 12.5 Å². The van der Waals surface area contributed by atoms with Crippen molar-refractivity contribution in [1.29, 1.82) is 0 Å². The van der Waals surface area contributed by atoms with E-state index >= 15 is 0 Å². The number of rotatable bonds is 7. The second-order valence-corrected chi connectivity index (χ2v) is 4.36. The molecule has 0 heterocycles. The van der Waals surface area contributed by atoms with E-state index in [0.717, 1.165) is 6.42 Å². The van der Waals surface area contributed by atoms with E-state index in [4.69, 9.17) is 11.5 Å². The SMILES string of the molecule is C#CCNC(=O)NCC(CC(=O)O)CC(C)C. The minimum Gasteiger partial charge on any atom is -0.481 e. The Kier molecular flexibility index (Phi) is 7.61. The fraction of sp³-hybridized carbons (Fsp3) is 0.667. The van der Waals surface area contributed by atoms with Gasteiger partial charge in [-0.3, -0.25) is 4.79 Å². The molecule has 5 heteroatoms.